The maximum atomic E-state index is 12.3. The van der Waals surface area contributed by atoms with Crippen LogP contribution in [0.15, 0.2) is 0 Å². The molecule has 0 saturated heterocycles. The molecule has 4 saturated carbocycles. The molecule has 4 bridgehead atoms. The van der Waals surface area contributed by atoms with Crippen molar-refractivity contribution in [2.24, 2.45) is 23.2 Å². The molecule has 1 atom stereocenters. The van der Waals surface area contributed by atoms with Crippen LogP contribution in [0.5, 0.6) is 0 Å². The van der Waals surface area contributed by atoms with Gasteiger partial charge >= 0.3 is 0 Å². The normalized spacial score (nSPS) is 36.9. The van der Waals surface area contributed by atoms with Crippen molar-refractivity contribution in [2.75, 3.05) is 6.54 Å². The Morgan fingerprint density at radius 1 is 1.05 bits per heavy atom. The average Bonchev–Trinajstić information content (AvgIpc) is 2.43. The molecule has 0 spiro atoms. The van der Waals surface area contributed by atoms with Crippen molar-refractivity contribution in [2.45, 2.75) is 71.3 Å². The van der Waals surface area contributed by atoms with Gasteiger partial charge in [0.25, 0.3) is 0 Å². The predicted molar refractivity (Wildman–Crippen MR) is 86.1 cm³/mol. The van der Waals surface area contributed by atoms with Crippen LogP contribution in [0.2, 0.25) is 0 Å². The third-order valence-electron chi connectivity index (χ3n) is 6.17. The zero-order valence-corrected chi connectivity index (χ0v) is 14.0. The summed E-state index contributed by atoms with van der Waals surface area (Å²) < 4.78 is 0. The molecule has 22 heavy (non-hydrogen) atoms. The van der Waals surface area contributed by atoms with Crippen LogP contribution in [0.4, 0.5) is 0 Å². The summed E-state index contributed by atoms with van der Waals surface area (Å²) >= 11 is 0. The van der Waals surface area contributed by atoms with Gasteiger partial charge in [-0.3, -0.25) is 9.59 Å². The van der Waals surface area contributed by atoms with Crippen LogP contribution in [-0.4, -0.2) is 24.4 Å². The Bertz CT molecular complexity index is 411. The van der Waals surface area contributed by atoms with E-state index in [9.17, 15) is 9.59 Å². The minimum absolute atomic E-state index is 0.0706. The number of hydrogen-bond acceptors (Lipinski definition) is 2. The highest BCUT2D eigenvalue weighted by molar-refractivity contribution is 5.85. The molecule has 124 valence electrons. The number of carbonyl (C=O) groups is 2. The van der Waals surface area contributed by atoms with Crippen molar-refractivity contribution in [3.8, 4) is 0 Å². The first-order valence-corrected chi connectivity index (χ1v) is 9.04. The van der Waals surface area contributed by atoms with Crippen LogP contribution in [0.1, 0.15) is 65.2 Å². The number of nitrogens with one attached hydrogen (secondary N) is 2. The number of rotatable bonds is 6. The smallest absolute Gasteiger partial charge is 0.239 e. The molecule has 4 rings (SSSR count). The summed E-state index contributed by atoms with van der Waals surface area (Å²) in [5.74, 6) is 2.60. The Balaban J connectivity index is 1.47. The topological polar surface area (TPSA) is 58.2 Å². The lowest BCUT2D eigenvalue weighted by molar-refractivity contribution is -0.132. The second-order valence-corrected chi connectivity index (χ2v) is 8.25. The van der Waals surface area contributed by atoms with Crippen LogP contribution in [0.3, 0.4) is 0 Å². The highest BCUT2D eigenvalue weighted by atomic mass is 16.2. The Morgan fingerprint density at radius 3 is 2.09 bits per heavy atom. The van der Waals surface area contributed by atoms with Gasteiger partial charge in [0.2, 0.25) is 11.8 Å². The van der Waals surface area contributed by atoms with Crippen molar-refractivity contribution in [3.63, 3.8) is 0 Å². The first kappa shape index (κ1) is 15.8. The van der Waals surface area contributed by atoms with E-state index in [1.54, 1.807) is 0 Å². The molecule has 0 aromatic carbocycles. The number of amides is 2. The van der Waals surface area contributed by atoms with E-state index in [0.717, 1.165) is 24.2 Å². The van der Waals surface area contributed by atoms with Crippen LogP contribution >= 0.6 is 0 Å². The standard InChI is InChI=1S/C18H30N2O2/c1-3-12(2)20-17(22)11-19-16(21)10-18-7-13-4-14(8-18)6-15(5-13)9-18/h12-15H,3-11H2,1-2H3,(H,19,21)(H,20,22). The van der Waals surface area contributed by atoms with E-state index in [1.807, 2.05) is 13.8 Å². The first-order valence-electron chi connectivity index (χ1n) is 9.04. The van der Waals surface area contributed by atoms with E-state index in [1.165, 1.54) is 38.5 Å². The van der Waals surface area contributed by atoms with E-state index in [4.69, 9.17) is 0 Å². The van der Waals surface area contributed by atoms with Crippen LogP contribution in [-0.2, 0) is 9.59 Å². The van der Waals surface area contributed by atoms with Crippen molar-refractivity contribution in [3.05, 3.63) is 0 Å². The van der Waals surface area contributed by atoms with E-state index < -0.39 is 0 Å². The highest BCUT2D eigenvalue weighted by Gasteiger charge is 2.51. The van der Waals surface area contributed by atoms with Gasteiger partial charge in [-0.1, -0.05) is 6.92 Å². The average molecular weight is 306 g/mol. The Labute approximate surface area is 133 Å². The molecule has 2 N–H and O–H groups in total. The van der Waals surface area contributed by atoms with Crippen molar-refractivity contribution in [1.82, 2.24) is 10.6 Å². The summed E-state index contributed by atoms with van der Waals surface area (Å²) in [5, 5.41) is 5.73. The maximum absolute atomic E-state index is 12.3. The van der Waals surface area contributed by atoms with Gasteiger partial charge in [0.15, 0.2) is 0 Å². The fourth-order valence-corrected chi connectivity index (χ4v) is 5.52. The third kappa shape index (κ3) is 3.47. The molecule has 0 aliphatic heterocycles. The Morgan fingerprint density at radius 2 is 1.59 bits per heavy atom. The van der Waals surface area contributed by atoms with Gasteiger partial charge in [-0.2, -0.15) is 0 Å². The van der Waals surface area contributed by atoms with E-state index in [2.05, 4.69) is 10.6 Å². The zero-order chi connectivity index (χ0) is 15.7. The molecule has 4 nitrogen and oxygen atoms in total. The lowest BCUT2D eigenvalue weighted by Crippen LogP contribution is -2.48. The van der Waals surface area contributed by atoms with Crippen molar-refractivity contribution >= 4 is 11.8 Å². The Hall–Kier alpha value is -1.06. The molecule has 0 aromatic rings. The van der Waals surface area contributed by atoms with Gasteiger partial charge in [0.05, 0.1) is 6.54 Å². The van der Waals surface area contributed by atoms with Gasteiger partial charge < -0.3 is 10.6 Å². The zero-order valence-electron chi connectivity index (χ0n) is 14.0. The molecule has 0 aromatic heterocycles. The quantitative estimate of drug-likeness (QED) is 0.792. The molecule has 4 aliphatic rings. The second-order valence-electron chi connectivity index (χ2n) is 8.25. The van der Waals surface area contributed by atoms with Gasteiger partial charge in [0, 0.05) is 12.5 Å². The summed E-state index contributed by atoms with van der Waals surface area (Å²) in [5.41, 5.74) is 0.256. The minimum Gasteiger partial charge on any atom is -0.352 e. The van der Waals surface area contributed by atoms with Crippen LogP contribution in [0.25, 0.3) is 0 Å². The van der Waals surface area contributed by atoms with Crippen LogP contribution < -0.4 is 10.6 Å². The molecule has 0 radical (unpaired) electrons. The Kier molecular flexibility index (Phi) is 4.47. The molecule has 4 fully saturated rings. The third-order valence-corrected chi connectivity index (χ3v) is 6.17. The summed E-state index contributed by atoms with van der Waals surface area (Å²) in [6.45, 7) is 4.14. The van der Waals surface area contributed by atoms with E-state index in [0.29, 0.717) is 6.42 Å². The summed E-state index contributed by atoms with van der Waals surface area (Å²) in [7, 11) is 0. The molecule has 4 heteroatoms. The van der Waals surface area contributed by atoms with Crippen LogP contribution in [0, 0.1) is 23.2 Å². The van der Waals surface area contributed by atoms with Gasteiger partial charge in [-0.15, -0.1) is 0 Å². The molecule has 1 unspecified atom stereocenters. The monoisotopic (exact) mass is 306 g/mol. The molecular formula is C18H30N2O2. The van der Waals surface area contributed by atoms with Gasteiger partial charge in [-0.05, 0) is 75.0 Å². The molecule has 4 aliphatic carbocycles. The van der Waals surface area contributed by atoms with E-state index in [-0.39, 0.29) is 29.8 Å². The van der Waals surface area contributed by atoms with Gasteiger partial charge in [-0.25, -0.2) is 0 Å². The maximum Gasteiger partial charge on any atom is 0.239 e. The lowest BCUT2D eigenvalue weighted by atomic mass is 9.49. The molecule has 0 heterocycles. The van der Waals surface area contributed by atoms with Crippen molar-refractivity contribution in [1.29, 1.82) is 0 Å². The minimum atomic E-state index is -0.0757. The predicted octanol–water partition coefficient (Wildman–Crippen LogP) is 2.62. The summed E-state index contributed by atoms with van der Waals surface area (Å²) in [6.07, 6.45) is 9.47. The highest BCUT2D eigenvalue weighted by Crippen LogP contribution is 2.61. The second kappa shape index (κ2) is 6.21. The first-order chi connectivity index (χ1) is 10.5. The molecule has 2 amide bonds. The van der Waals surface area contributed by atoms with Gasteiger partial charge in [0.1, 0.15) is 0 Å². The fraction of sp³-hybridized carbons (Fsp3) is 0.889. The fourth-order valence-electron chi connectivity index (χ4n) is 5.52. The van der Waals surface area contributed by atoms with E-state index >= 15 is 0 Å². The number of hydrogen-bond donors (Lipinski definition) is 2. The SMILES string of the molecule is CCC(C)NC(=O)CNC(=O)CC12CC3CC(CC(C3)C1)C2. The largest absolute Gasteiger partial charge is 0.352 e. The summed E-state index contributed by atoms with van der Waals surface area (Å²) in [6, 6.07) is 0.174. The van der Waals surface area contributed by atoms with Crippen molar-refractivity contribution < 1.29 is 9.59 Å². The molecular weight excluding hydrogens is 276 g/mol. The summed E-state index contributed by atoms with van der Waals surface area (Å²) in [4.78, 5) is 24.1. The number of carbonyl (C=O) groups excluding carboxylic acids is 2. The lowest BCUT2D eigenvalue weighted by Gasteiger charge is -2.56.